The van der Waals surface area contributed by atoms with Gasteiger partial charge in [0, 0.05) is 24.1 Å². The lowest BCUT2D eigenvalue weighted by atomic mass is 10.3. The molecule has 0 aliphatic heterocycles. The molecule has 0 atom stereocenters. The molecule has 1 amide bonds. The summed E-state index contributed by atoms with van der Waals surface area (Å²) in [5.41, 5.74) is 0.0406. The second-order valence-corrected chi connectivity index (χ2v) is 3.05. The second kappa shape index (κ2) is 4.09. The smallest absolute Gasteiger partial charge is 0.291 e. The first-order chi connectivity index (χ1) is 7.65. The van der Waals surface area contributed by atoms with Gasteiger partial charge in [0.1, 0.15) is 11.6 Å². The molecule has 2 aromatic rings. The molecule has 1 aromatic carbocycles. The molecule has 6 heteroatoms. The Morgan fingerprint density at radius 1 is 1.25 bits per heavy atom. The highest BCUT2D eigenvalue weighted by Gasteiger charge is 2.09. The van der Waals surface area contributed by atoms with Crippen LogP contribution in [-0.4, -0.2) is 15.9 Å². The van der Waals surface area contributed by atoms with Crippen LogP contribution < -0.4 is 5.32 Å². The average Bonchev–Trinajstić information content (AvgIpc) is 2.68. The van der Waals surface area contributed by atoms with Crippen LogP contribution in [0.25, 0.3) is 0 Å². The fraction of sp³-hybridized carbons (Fsp3) is 0. The van der Waals surface area contributed by atoms with Crippen molar-refractivity contribution >= 4 is 11.6 Å². The monoisotopic (exact) mass is 223 g/mol. The predicted octanol–water partition coefficient (Wildman–Crippen LogP) is 1.94. The van der Waals surface area contributed by atoms with Crippen molar-refractivity contribution in [1.82, 2.24) is 9.97 Å². The van der Waals surface area contributed by atoms with Gasteiger partial charge < -0.3 is 10.3 Å². The summed E-state index contributed by atoms with van der Waals surface area (Å²) in [6, 6.07) is 2.76. The number of nitrogens with one attached hydrogen (secondary N) is 2. The van der Waals surface area contributed by atoms with Crippen molar-refractivity contribution in [2.45, 2.75) is 0 Å². The summed E-state index contributed by atoms with van der Waals surface area (Å²) in [6.07, 6.45) is 2.88. The minimum absolute atomic E-state index is 0.0406. The zero-order chi connectivity index (χ0) is 11.5. The number of anilines is 1. The standard InChI is InChI=1S/C10H7F2N3O/c11-6-3-7(12)5-8(4-6)15-10(16)9-13-1-2-14-9/h1-5H,(H,13,14)(H,15,16). The summed E-state index contributed by atoms with van der Waals surface area (Å²) in [4.78, 5) is 17.7. The predicted molar refractivity (Wildman–Crippen MR) is 52.9 cm³/mol. The van der Waals surface area contributed by atoms with Gasteiger partial charge in [-0.15, -0.1) is 0 Å². The molecule has 0 aliphatic rings. The molecule has 0 saturated carbocycles. The molecule has 82 valence electrons. The third-order valence-electron chi connectivity index (χ3n) is 1.83. The number of imidazole rings is 1. The minimum Gasteiger partial charge on any atom is -0.341 e. The van der Waals surface area contributed by atoms with E-state index in [1.54, 1.807) is 0 Å². The molecule has 16 heavy (non-hydrogen) atoms. The van der Waals surface area contributed by atoms with Crippen LogP contribution >= 0.6 is 0 Å². The first-order valence-electron chi connectivity index (χ1n) is 4.42. The second-order valence-electron chi connectivity index (χ2n) is 3.05. The van der Waals surface area contributed by atoms with Gasteiger partial charge in [-0.3, -0.25) is 4.79 Å². The van der Waals surface area contributed by atoms with Gasteiger partial charge in [0.25, 0.3) is 5.91 Å². The molecule has 0 fully saturated rings. The number of carbonyl (C=O) groups excluding carboxylic acids is 1. The Bertz CT molecular complexity index is 491. The van der Waals surface area contributed by atoms with Gasteiger partial charge in [0.15, 0.2) is 5.82 Å². The van der Waals surface area contributed by atoms with Crippen molar-refractivity contribution in [3.8, 4) is 0 Å². The van der Waals surface area contributed by atoms with Crippen LogP contribution in [0.2, 0.25) is 0 Å². The van der Waals surface area contributed by atoms with Crippen LogP contribution in [0.1, 0.15) is 10.6 Å². The van der Waals surface area contributed by atoms with Crippen molar-refractivity contribution in [3.05, 3.63) is 48.1 Å². The van der Waals surface area contributed by atoms with E-state index in [1.165, 1.54) is 12.4 Å². The van der Waals surface area contributed by atoms with E-state index in [1.807, 2.05) is 0 Å². The van der Waals surface area contributed by atoms with Crippen LogP contribution in [0.3, 0.4) is 0 Å². The van der Waals surface area contributed by atoms with E-state index in [-0.39, 0.29) is 11.5 Å². The molecule has 0 aliphatic carbocycles. The Morgan fingerprint density at radius 2 is 1.94 bits per heavy atom. The van der Waals surface area contributed by atoms with Crippen molar-refractivity contribution in [2.24, 2.45) is 0 Å². The SMILES string of the molecule is O=C(Nc1cc(F)cc(F)c1)c1ncc[nH]1. The molecule has 0 saturated heterocycles. The van der Waals surface area contributed by atoms with Crippen molar-refractivity contribution in [1.29, 1.82) is 0 Å². The van der Waals surface area contributed by atoms with E-state index < -0.39 is 17.5 Å². The van der Waals surface area contributed by atoms with E-state index in [0.29, 0.717) is 0 Å². The highest BCUT2D eigenvalue weighted by molar-refractivity contribution is 6.01. The van der Waals surface area contributed by atoms with Gasteiger partial charge >= 0.3 is 0 Å². The number of hydrogen-bond acceptors (Lipinski definition) is 2. The van der Waals surface area contributed by atoms with Crippen LogP contribution in [-0.2, 0) is 0 Å². The molecular formula is C10H7F2N3O. The number of aromatic nitrogens is 2. The molecule has 4 nitrogen and oxygen atoms in total. The normalized spacial score (nSPS) is 10.1. The molecule has 0 unspecified atom stereocenters. The van der Waals surface area contributed by atoms with Gasteiger partial charge in [-0.25, -0.2) is 13.8 Å². The maximum Gasteiger partial charge on any atom is 0.291 e. The Labute approximate surface area is 89.3 Å². The lowest BCUT2D eigenvalue weighted by molar-refractivity contribution is 0.101. The maximum atomic E-state index is 12.8. The topological polar surface area (TPSA) is 57.8 Å². The van der Waals surface area contributed by atoms with Gasteiger partial charge in [-0.1, -0.05) is 0 Å². The van der Waals surface area contributed by atoms with Crippen molar-refractivity contribution in [3.63, 3.8) is 0 Å². The van der Waals surface area contributed by atoms with Crippen LogP contribution in [0.4, 0.5) is 14.5 Å². The number of rotatable bonds is 2. The summed E-state index contributed by atoms with van der Waals surface area (Å²) < 4.78 is 25.6. The van der Waals surface area contributed by atoms with E-state index >= 15 is 0 Å². The zero-order valence-electron chi connectivity index (χ0n) is 8.00. The largest absolute Gasteiger partial charge is 0.341 e. The van der Waals surface area contributed by atoms with Crippen LogP contribution in [0, 0.1) is 11.6 Å². The molecule has 0 bridgehead atoms. The average molecular weight is 223 g/mol. The third kappa shape index (κ3) is 2.22. The molecule has 0 spiro atoms. The quantitative estimate of drug-likeness (QED) is 0.817. The fourth-order valence-electron chi connectivity index (χ4n) is 1.21. The van der Waals surface area contributed by atoms with Gasteiger partial charge in [-0.2, -0.15) is 0 Å². The van der Waals surface area contributed by atoms with E-state index in [9.17, 15) is 13.6 Å². The summed E-state index contributed by atoms with van der Waals surface area (Å²) >= 11 is 0. The molecule has 1 heterocycles. The number of carbonyl (C=O) groups is 1. The Morgan fingerprint density at radius 3 is 2.50 bits per heavy atom. The Kier molecular flexibility index (Phi) is 2.63. The number of H-pyrrole nitrogens is 1. The minimum atomic E-state index is -0.755. The summed E-state index contributed by atoms with van der Waals surface area (Å²) in [6.45, 7) is 0. The molecular weight excluding hydrogens is 216 g/mol. The highest BCUT2D eigenvalue weighted by Crippen LogP contribution is 2.13. The molecule has 2 rings (SSSR count). The van der Waals surface area contributed by atoms with Crippen LogP contribution in [0.5, 0.6) is 0 Å². The molecule has 1 aromatic heterocycles. The molecule has 0 radical (unpaired) electrons. The highest BCUT2D eigenvalue weighted by atomic mass is 19.1. The van der Waals surface area contributed by atoms with E-state index in [2.05, 4.69) is 15.3 Å². The summed E-state index contributed by atoms with van der Waals surface area (Å²) in [5.74, 6) is -2.00. The number of amides is 1. The fourth-order valence-corrected chi connectivity index (χ4v) is 1.21. The maximum absolute atomic E-state index is 12.8. The van der Waals surface area contributed by atoms with E-state index in [0.717, 1.165) is 18.2 Å². The van der Waals surface area contributed by atoms with E-state index in [4.69, 9.17) is 0 Å². The summed E-state index contributed by atoms with van der Waals surface area (Å²) in [7, 11) is 0. The molecule has 2 N–H and O–H groups in total. The zero-order valence-corrected chi connectivity index (χ0v) is 8.00. The lowest BCUT2D eigenvalue weighted by Crippen LogP contribution is -2.13. The Hall–Kier alpha value is -2.24. The summed E-state index contributed by atoms with van der Waals surface area (Å²) in [5, 5.41) is 2.31. The third-order valence-corrected chi connectivity index (χ3v) is 1.83. The number of hydrogen-bond donors (Lipinski definition) is 2. The van der Waals surface area contributed by atoms with Gasteiger partial charge in [0.2, 0.25) is 0 Å². The first kappa shape index (κ1) is 10.3. The number of benzene rings is 1. The lowest BCUT2D eigenvalue weighted by Gasteiger charge is -2.03. The number of nitrogens with zero attached hydrogens (tertiary/aromatic N) is 1. The number of aromatic amines is 1. The van der Waals surface area contributed by atoms with Crippen LogP contribution in [0.15, 0.2) is 30.6 Å². The Balaban J connectivity index is 2.18. The van der Waals surface area contributed by atoms with Gasteiger partial charge in [0.05, 0.1) is 0 Å². The number of halogens is 2. The van der Waals surface area contributed by atoms with Crippen molar-refractivity contribution in [2.75, 3.05) is 5.32 Å². The van der Waals surface area contributed by atoms with Crippen molar-refractivity contribution < 1.29 is 13.6 Å². The van der Waals surface area contributed by atoms with Gasteiger partial charge in [-0.05, 0) is 12.1 Å². The first-order valence-corrected chi connectivity index (χ1v) is 4.42.